The van der Waals surface area contributed by atoms with Crippen molar-refractivity contribution in [3.63, 3.8) is 0 Å². The quantitative estimate of drug-likeness (QED) is 0.723. The standard InChI is InChI=1S/C11H13ClN2OS/c12-7-5-10(15)14(6-7)11-13-8-3-1-2-4-9(8)16-11/h7H,1-6H2. The number of carbonyl (C=O) groups excluding carboxylic acids is 1. The highest BCUT2D eigenvalue weighted by molar-refractivity contribution is 7.16. The van der Waals surface area contributed by atoms with Crippen LogP contribution < -0.4 is 4.90 Å². The minimum Gasteiger partial charge on any atom is -0.287 e. The fraction of sp³-hybridized carbons (Fsp3) is 0.636. The summed E-state index contributed by atoms with van der Waals surface area (Å²) in [5.74, 6) is 0.117. The second-order valence-corrected chi connectivity index (χ2v) is 6.06. The van der Waals surface area contributed by atoms with Gasteiger partial charge in [-0.2, -0.15) is 0 Å². The summed E-state index contributed by atoms with van der Waals surface area (Å²) in [6.07, 6.45) is 5.12. The summed E-state index contributed by atoms with van der Waals surface area (Å²) in [4.78, 5) is 19.4. The highest BCUT2D eigenvalue weighted by Gasteiger charge is 2.32. The van der Waals surface area contributed by atoms with Crippen LogP contribution in [0.25, 0.3) is 0 Å². The maximum absolute atomic E-state index is 11.7. The molecule has 0 spiro atoms. The summed E-state index contributed by atoms with van der Waals surface area (Å²) in [7, 11) is 0. The Kier molecular flexibility index (Phi) is 2.64. The molecule has 1 aromatic heterocycles. The third kappa shape index (κ3) is 1.74. The molecule has 16 heavy (non-hydrogen) atoms. The molecule has 1 aromatic rings. The molecule has 1 fully saturated rings. The molecule has 3 nitrogen and oxygen atoms in total. The van der Waals surface area contributed by atoms with Crippen LogP contribution in [0.2, 0.25) is 0 Å². The predicted octanol–water partition coefficient (Wildman–Crippen LogP) is 2.37. The maximum atomic E-state index is 11.7. The van der Waals surface area contributed by atoms with Gasteiger partial charge < -0.3 is 0 Å². The molecule has 3 rings (SSSR count). The van der Waals surface area contributed by atoms with Gasteiger partial charge in [0.15, 0.2) is 5.13 Å². The van der Waals surface area contributed by atoms with Gasteiger partial charge in [-0.15, -0.1) is 22.9 Å². The third-order valence-electron chi connectivity index (χ3n) is 3.14. The van der Waals surface area contributed by atoms with E-state index >= 15 is 0 Å². The minimum atomic E-state index is -0.0478. The van der Waals surface area contributed by atoms with E-state index in [1.54, 1.807) is 16.2 Å². The molecular weight excluding hydrogens is 244 g/mol. The van der Waals surface area contributed by atoms with Crippen LogP contribution in [0.15, 0.2) is 0 Å². The maximum Gasteiger partial charge on any atom is 0.230 e. The fourth-order valence-electron chi connectivity index (χ4n) is 2.30. The average molecular weight is 257 g/mol. The fourth-order valence-corrected chi connectivity index (χ4v) is 3.75. The third-order valence-corrected chi connectivity index (χ3v) is 4.62. The van der Waals surface area contributed by atoms with Crippen molar-refractivity contribution >= 4 is 34.0 Å². The number of thiazole rings is 1. The van der Waals surface area contributed by atoms with Crippen LogP contribution in [0.4, 0.5) is 5.13 Å². The van der Waals surface area contributed by atoms with Crippen molar-refractivity contribution in [3.8, 4) is 0 Å². The number of hydrogen-bond acceptors (Lipinski definition) is 3. The topological polar surface area (TPSA) is 33.2 Å². The Labute approximate surface area is 103 Å². The highest BCUT2D eigenvalue weighted by atomic mass is 35.5. The molecule has 2 heterocycles. The number of alkyl halides is 1. The van der Waals surface area contributed by atoms with Crippen molar-refractivity contribution in [2.45, 2.75) is 37.5 Å². The van der Waals surface area contributed by atoms with E-state index in [9.17, 15) is 4.79 Å². The first kappa shape index (κ1) is 10.5. The Morgan fingerprint density at radius 1 is 1.38 bits per heavy atom. The van der Waals surface area contributed by atoms with Gasteiger partial charge in [0.05, 0.1) is 11.1 Å². The van der Waals surface area contributed by atoms with Crippen molar-refractivity contribution in [2.75, 3.05) is 11.4 Å². The number of fused-ring (bicyclic) bond motifs is 1. The number of hydrogen-bond donors (Lipinski definition) is 0. The lowest BCUT2D eigenvalue weighted by Crippen LogP contribution is -2.24. The highest BCUT2D eigenvalue weighted by Crippen LogP contribution is 2.34. The lowest BCUT2D eigenvalue weighted by atomic mass is 10.0. The molecule has 0 aromatic carbocycles. The van der Waals surface area contributed by atoms with Crippen molar-refractivity contribution in [1.29, 1.82) is 0 Å². The normalized spacial score (nSPS) is 24.9. The number of nitrogens with zero attached hydrogens (tertiary/aromatic N) is 2. The summed E-state index contributed by atoms with van der Waals surface area (Å²) in [5.41, 5.74) is 1.21. The number of halogens is 1. The van der Waals surface area contributed by atoms with Gasteiger partial charge in [-0.3, -0.25) is 9.69 Å². The Hall–Kier alpha value is -0.610. The molecule has 2 aliphatic rings. The van der Waals surface area contributed by atoms with Gasteiger partial charge in [0.1, 0.15) is 0 Å². The van der Waals surface area contributed by atoms with Gasteiger partial charge in [-0.1, -0.05) is 0 Å². The first-order valence-electron chi connectivity index (χ1n) is 5.67. The summed E-state index contributed by atoms with van der Waals surface area (Å²) in [6.45, 7) is 0.618. The second kappa shape index (κ2) is 4.00. The zero-order chi connectivity index (χ0) is 11.1. The molecule has 1 aliphatic carbocycles. The van der Waals surface area contributed by atoms with E-state index in [0.29, 0.717) is 13.0 Å². The van der Waals surface area contributed by atoms with Crippen LogP contribution in [0.1, 0.15) is 29.8 Å². The van der Waals surface area contributed by atoms with E-state index in [0.717, 1.165) is 18.0 Å². The lowest BCUT2D eigenvalue weighted by molar-refractivity contribution is -0.117. The lowest BCUT2D eigenvalue weighted by Gasteiger charge is -2.10. The average Bonchev–Trinajstić information content (AvgIpc) is 2.81. The van der Waals surface area contributed by atoms with Gasteiger partial charge in [-0.25, -0.2) is 4.98 Å². The Balaban J connectivity index is 1.89. The van der Waals surface area contributed by atoms with Crippen LogP contribution in [0.5, 0.6) is 0 Å². The molecule has 0 radical (unpaired) electrons. The van der Waals surface area contributed by atoms with E-state index in [1.807, 2.05) is 0 Å². The van der Waals surface area contributed by atoms with E-state index in [1.165, 1.54) is 23.4 Å². The second-order valence-electron chi connectivity index (χ2n) is 4.38. The van der Waals surface area contributed by atoms with Gasteiger partial charge in [-0.05, 0) is 25.7 Å². The van der Waals surface area contributed by atoms with Crippen LogP contribution in [0.3, 0.4) is 0 Å². The van der Waals surface area contributed by atoms with Crippen molar-refractivity contribution in [3.05, 3.63) is 10.6 Å². The zero-order valence-corrected chi connectivity index (χ0v) is 10.5. The number of carbonyl (C=O) groups is 1. The first-order chi connectivity index (χ1) is 7.74. The van der Waals surface area contributed by atoms with Gasteiger partial charge in [0.2, 0.25) is 5.91 Å². The molecule has 0 bridgehead atoms. The zero-order valence-electron chi connectivity index (χ0n) is 8.91. The molecule has 86 valence electrons. The van der Waals surface area contributed by atoms with Crippen molar-refractivity contribution < 1.29 is 4.79 Å². The van der Waals surface area contributed by atoms with Crippen LogP contribution in [-0.2, 0) is 17.6 Å². The molecular formula is C11H13ClN2OS. The molecule has 1 amide bonds. The molecule has 0 N–H and O–H groups in total. The smallest absolute Gasteiger partial charge is 0.230 e. The minimum absolute atomic E-state index is 0.0478. The number of aromatic nitrogens is 1. The first-order valence-corrected chi connectivity index (χ1v) is 6.92. The summed E-state index contributed by atoms with van der Waals surface area (Å²) in [6, 6.07) is 0. The predicted molar refractivity (Wildman–Crippen MR) is 65.4 cm³/mol. The summed E-state index contributed by atoms with van der Waals surface area (Å²) >= 11 is 7.67. The monoisotopic (exact) mass is 256 g/mol. The number of anilines is 1. The molecule has 5 heteroatoms. The number of rotatable bonds is 1. The number of aryl methyl sites for hydroxylation is 2. The molecule has 0 saturated carbocycles. The van der Waals surface area contributed by atoms with Crippen LogP contribution in [-0.4, -0.2) is 22.8 Å². The van der Waals surface area contributed by atoms with Gasteiger partial charge >= 0.3 is 0 Å². The van der Waals surface area contributed by atoms with Crippen molar-refractivity contribution in [1.82, 2.24) is 4.98 Å². The molecule has 1 atom stereocenters. The summed E-state index contributed by atoms with van der Waals surface area (Å²) < 4.78 is 0. The van der Waals surface area contributed by atoms with Gasteiger partial charge in [0.25, 0.3) is 0 Å². The van der Waals surface area contributed by atoms with Gasteiger partial charge in [0, 0.05) is 17.8 Å². The van der Waals surface area contributed by atoms with Crippen molar-refractivity contribution in [2.24, 2.45) is 0 Å². The largest absolute Gasteiger partial charge is 0.287 e. The van der Waals surface area contributed by atoms with E-state index in [-0.39, 0.29) is 11.3 Å². The molecule has 1 saturated heterocycles. The Morgan fingerprint density at radius 3 is 2.88 bits per heavy atom. The molecule has 1 unspecified atom stereocenters. The van der Waals surface area contributed by atoms with Crippen LogP contribution >= 0.6 is 22.9 Å². The Morgan fingerprint density at radius 2 is 2.19 bits per heavy atom. The van der Waals surface area contributed by atoms with Crippen LogP contribution in [0, 0.1) is 0 Å². The van der Waals surface area contributed by atoms with E-state index in [2.05, 4.69) is 4.98 Å². The number of amides is 1. The SMILES string of the molecule is O=C1CC(Cl)CN1c1nc2c(s1)CCCC2. The molecule has 1 aliphatic heterocycles. The van der Waals surface area contributed by atoms with E-state index < -0.39 is 0 Å². The summed E-state index contributed by atoms with van der Waals surface area (Å²) in [5, 5.41) is 0.813. The Bertz CT molecular complexity index is 408. The van der Waals surface area contributed by atoms with E-state index in [4.69, 9.17) is 11.6 Å².